The van der Waals surface area contributed by atoms with Crippen molar-refractivity contribution in [3.8, 4) is 0 Å². The fraction of sp³-hybridized carbons (Fsp3) is 0.667. The van der Waals surface area contributed by atoms with E-state index in [0.717, 1.165) is 11.3 Å². The van der Waals surface area contributed by atoms with Gasteiger partial charge in [-0.05, 0) is 12.8 Å². The lowest BCUT2D eigenvalue weighted by Crippen LogP contribution is -2.45. The predicted molar refractivity (Wildman–Crippen MR) is 66.7 cm³/mol. The number of carbonyl (C=O) groups excluding carboxylic acids is 3. The normalized spacial score (nSPS) is 22.9. The zero-order chi connectivity index (χ0) is 14.9. The average molecular weight is 283 g/mol. The van der Waals surface area contributed by atoms with Crippen molar-refractivity contribution in [2.24, 2.45) is 0 Å². The summed E-state index contributed by atoms with van der Waals surface area (Å²) in [4.78, 5) is 49.8. The molecular formula is C12H17N3O5. The Kier molecular flexibility index (Phi) is 3.91. The van der Waals surface area contributed by atoms with Gasteiger partial charge in [0.05, 0.1) is 6.42 Å². The highest BCUT2D eigenvalue weighted by Crippen LogP contribution is 2.21. The summed E-state index contributed by atoms with van der Waals surface area (Å²) < 4.78 is 0. The van der Waals surface area contributed by atoms with E-state index in [4.69, 9.17) is 5.11 Å². The lowest BCUT2D eigenvalue weighted by atomic mass is 10.1. The molecular weight excluding hydrogens is 266 g/mol. The van der Waals surface area contributed by atoms with Crippen LogP contribution in [0.15, 0.2) is 0 Å². The molecule has 8 nitrogen and oxygen atoms in total. The van der Waals surface area contributed by atoms with Gasteiger partial charge in [0.1, 0.15) is 13.1 Å². The number of likely N-dealkylation sites (tertiary alicyclic amines) is 1. The standard InChI is InChI=1S/C12H17N3O5/c1-13-6-9(16)15(12(13)20)7-10(17)14-4-2-3-8(14)5-11(18)19/h8H,2-7H2,1H3,(H,18,19). The topological polar surface area (TPSA) is 98.2 Å². The lowest BCUT2D eigenvalue weighted by molar-refractivity contribution is -0.141. The van der Waals surface area contributed by atoms with Gasteiger partial charge in [0.25, 0.3) is 5.91 Å². The molecule has 2 saturated heterocycles. The van der Waals surface area contributed by atoms with E-state index in [1.807, 2.05) is 0 Å². The quantitative estimate of drug-likeness (QED) is 0.691. The monoisotopic (exact) mass is 283 g/mol. The van der Waals surface area contributed by atoms with Gasteiger partial charge in [-0.25, -0.2) is 4.79 Å². The molecule has 0 radical (unpaired) electrons. The maximum Gasteiger partial charge on any atom is 0.327 e. The molecule has 2 heterocycles. The molecule has 20 heavy (non-hydrogen) atoms. The summed E-state index contributed by atoms with van der Waals surface area (Å²) in [6.45, 7) is 0.144. The third kappa shape index (κ3) is 2.73. The van der Waals surface area contributed by atoms with E-state index in [1.54, 1.807) is 0 Å². The van der Waals surface area contributed by atoms with Gasteiger partial charge in [-0.2, -0.15) is 0 Å². The van der Waals surface area contributed by atoms with Crippen molar-refractivity contribution in [2.75, 3.05) is 26.7 Å². The van der Waals surface area contributed by atoms with Crippen LogP contribution < -0.4 is 0 Å². The Hall–Kier alpha value is -2.12. The molecule has 8 heteroatoms. The van der Waals surface area contributed by atoms with Gasteiger partial charge in [0.15, 0.2) is 0 Å². The van der Waals surface area contributed by atoms with E-state index in [2.05, 4.69) is 0 Å². The summed E-state index contributed by atoms with van der Waals surface area (Å²) in [5.41, 5.74) is 0. The van der Waals surface area contributed by atoms with Gasteiger partial charge in [-0.15, -0.1) is 0 Å². The Balaban J connectivity index is 1.99. The summed E-state index contributed by atoms with van der Waals surface area (Å²) in [7, 11) is 1.49. The first kappa shape index (κ1) is 14.3. The molecule has 0 aliphatic carbocycles. The molecule has 4 amide bonds. The highest BCUT2D eigenvalue weighted by atomic mass is 16.4. The minimum absolute atomic E-state index is 0.0231. The molecule has 2 rings (SSSR count). The second-order valence-corrected chi connectivity index (χ2v) is 5.10. The van der Waals surface area contributed by atoms with Crippen molar-refractivity contribution in [3.63, 3.8) is 0 Å². The van der Waals surface area contributed by atoms with Crippen LogP contribution in [0.2, 0.25) is 0 Å². The van der Waals surface area contributed by atoms with Gasteiger partial charge >= 0.3 is 12.0 Å². The van der Waals surface area contributed by atoms with Crippen LogP contribution in [0, 0.1) is 0 Å². The van der Waals surface area contributed by atoms with Crippen LogP contribution >= 0.6 is 0 Å². The van der Waals surface area contributed by atoms with E-state index >= 15 is 0 Å². The predicted octanol–water partition coefficient (Wildman–Crippen LogP) is -0.654. The molecule has 0 bridgehead atoms. The second-order valence-electron chi connectivity index (χ2n) is 5.10. The van der Waals surface area contributed by atoms with E-state index in [1.165, 1.54) is 16.8 Å². The van der Waals surface area contributed by atoms with E-state index in [0.29, 0.717) is 13.0 Å². The van der Waals surface area contributed by atoms with Gasteiger partial charge in [-0.3, -0.25) is 19.3 Å². The van der Waals surface area contributed by atoms with Crippen molar-refractivity contribution in [1.29, 1.82) is 0 Å². The van der Waals surface area contributed by atoms with E-state index in [9.17, 15) is 19.2 Å². The van der Waals surface area contributed by atoms with Crippen LogP contribution in [-0.4, -0.2) is 76.3 Å². The van der Waals surface area contributed by atoms with Crippen LogP contribution in [0.25, 0.3) is 0 Å². The molecule has 110 valence electrons. The number of likely N-dealkylation sites (N-methyl/N-ethyl adjacent to an activating group) is 1. The fourth-order valence-electron chi connectivity index (χ4n) is 2.63. The zero-order valence-electron chi connectivity index (χ0n) is 11.2. The van der Waals surface area contributed by atoms with Crippen molar-refractivity contribution in [2.45, 2.75) is 25.3 Å². The summed E-state index contributed by atoms with van der Waals surface area (Å²) in [6, 6.07) is -0.831. The summed E-state index contributed by atoms with van der Waals surface area (Å²) in [5.74, 6) is -1.73. The number of aliphatic carboxylic acids is 1. The molecule has 0 aromatic carbocycles. The number of rotatable bonds is 4. The highest BCUT2D eigenvalue weighted by Gasteiger charge is 2.38. The Morgan fingerprint density at radius 1 is 1.35 bits per heavy atom. The first-order valence-electron chi connectivity index (χ1n) is 6.47. The number of carboxylic acids is 1. The average Bonchev–Trinajstić information content (AvgIpc) is 2.89. The molecule has 1 unspecified atom stereocenters. The summed E-state index contributed by atoms with van der Waals surface area (Å²) >= 11 is 0. The minimum atomic E-state index is -0.956. The lowest BCUT2D eigenvalue weighted by Gasteiger charge is -2.25. The number of hydrogen-bond acceptors (Lipinski definition) is 4. The Morgan fingerprint density at radius 3 is 2.60 bits per heavy atom. The van der Waals surface area contributed by atoms with Gasteiger partial charge in [0, 0.05) is 19.6 Å². The molecule has 0 saturated carbocycles. The molecule has 0 aromatic rings. The van der Waals surface area contributed by atoms with Crippen LogP contribution in [0.4, 0.5) is 4.79 Å². The van der Waals surface area contributed by atoms with Crippen molar-refractivity contribution in [1.82, 2.24) is 14.7 Å². The van der Waals surface area contributed by atoms with E-state index in [-0.39, 0.29) is 31.5 Å². The third-order valence-corrected chi connectivity index (χ3v) is 3.63. The fourth-order valence-corrected chi connectivity index (χ4v) is 2.63. The maximum absolute atomic E-state index is 12.2. The number of carbonyl (C=O) groups is 4. The van der Waals surface area contributed by atoms with Gasteiger partial charge in [0.2, 0.25) is 5.91 Å². The Bertz CT molecular complexity index is 464. The van der Waals surface area contributed by atoms with Crippen LogP contribution in [0.3, 0.4) is 0 Å². The Morgan fingerprint density at radius 2 is 2.05 bits per heavy atom. The first-order valence-corrected chi connectivity index (χ1v) is 6.47. The number of imide groups is 1. The SMILES string of the molecule is CN1CC(=O)N(CC(=O)N2CCCC2CC(=O)O)C1=O. The molecule has 1 atom stereocenters. The second kappa shape index (κ2) is 5.48. The van der Waals surface area contributed by atoms with Crippen molar-refractivity contribution >= 4 is 23.8 Å². The number of urea groups is 1. The molecule has 2 aliphatic heterocycles. The maximum atomic E-state index is 12.2. The number of nitrogens with zero attached hydrogens (tertiary/aromatic N) is 3. The molecule has 2 fully saturated rings. The van der Waals surface area contributed by atoms with Crippen LogP contribution in [0.5, 0.6) is 0 Å². The summed E-state index contributed by atoms with van der Waals surface area (Å²) in [5, 5.41) is 8.81. The molecule has 2 aliphatic rings. The smallest absolute Gasteiger partial charge is 0.327 e. The number of amides is 4. The van der Waals surface area contributed by atoms with E-state index < -0.39 is 17.9 Å². The molecule has 1 N–H and O–H groups in total. The van der Waals surface area contributed by atoms with Gasteiger partial charge < -0.3 is 14.9 Å². The number of carboxylic acid groups (broad SMARTS) is 1. The highest BCUT2D eigenvalue weighted by molar-refractivity contribution is 6.04. The number of hydrogen-bond donors (Lipinski definition) is 1. The molecule has 0 spiro atoms. The zero-order valence-corrected chi connectivity index (χ0v) is 11.2. The first-order chi connectivity index (χ1) is 9.40. The third-order valence-electron chi connectivity index (χ3n) is 3.63. The van der Waals surface area contributed by atoms with Crippen LogP contribution in [0.1, 0.15) is 19.3 Å². The van der Waals surface area contributed by atoms with Crippen LogP contribution in [-0.2, 0) is 14.4 Å². The van der Waals surface area contributed by atoms with Gasteiger partial charge in [-0.1, -0.05) is 0 Å². The summed E-state index contributed by atoms with van der Waals surface area (Å²) in [6.07, 6.45) is 1.28. The Labute approximate surface area is 115 Å². The molecule has 0 aromatic heterocycles. The van der Waals surface area contributed by atoms with Crippen molar-refractivity contribution < 1.29 is 24.3 Å². The minimum Gasteiger partial charge on any atom is -0.481 e. The van der Waals surface area contributed by atoms with Crippen molar-refractivity contribution in [3.05, 3.63) is 0 Å². The largest absolute Gasteiger partial charge is 0.481 e.